The fourth-order valence-electron chi connectivity index (χ4n) is 0.743. The van der Waals surface area contributed by atoms with Gasteiger partial charge in [-0.3, -0.25) is 4.98 Å². The maximum atomic E-state index is 9.13. The van der Waals surface area contributed by atoms with Crippen LogP contribution in [0.3, 0.4) is 0 Å². The minimum Gasteiger partial charge on any atom is -0.506 e. The molecule has 1 N–H and O–H groups in total. The van der Waals surface area contributed by atoms with Crippen LogP contribution in [0.2, 0.25) is 0 Å². The Labute approximate surface area is 59.9 Å². The van der Waals surface area contributed by atoms with Gasteiger partial charge in [-0.15, -0.1) is 6.58 Å². The van der Waals surface area contributed by atoms with E-state index in [9.17, 15) is 0 Å². The second-order valence-electron chi connectivity index (χ2n) is 2.00. The van der Waals surface area contributed by atoms with Gasteiger partial charge in [0.2, 0.25) is 0 Å². The van der Waals surface area contributed by atoms with Crippen molar-refractivity contribution < 1.29 is 5.11 Å². The third-order valence-electron chi connectivity index (χ3n) is 1.25. The van der Waals surface area contributed by atoms with Gasteiger partial charge in [0.15, 0.2) is 0 Å². The van der Waals surface area contributed by atoms with Crippen LogP contribution in [0.15, 0.2) is 31.1 Å². The van der Waals surface area contributed by atoms with E-state index in [-0.39, 0.29) is 5.75 Å². The Hall–Kier alpha value is -1.31. The summed E-state index contributed by atoms with van der Waals surface area (Å²) in [7, 11) is 0. The number of hydrogen-bond acceptors (Lipinski definition) is 2. The van der Waals surface area contributed by atoms with E-state index in [0.717, 1.165) is 5.56 Å². The van der Waals surface area contributed by atoms with Crippen molar-refractivity contribution in [2.75, 3.05) is 0 Å². The molecule has 0 unspecified atom stereocenters. The van der Waals surface area contributed by atoms with E-state index in [2.05, 4.69) is 11.6 Å². The predicted molar refractivity (Wildman–Crippen MR) is 39.8 cm³/mol. The lowest BCUT2D eigenvalue weighted by Crippen LogP contribution is -1.81. The molecule has 0 amide bonds. The van der Waals surface area contributed by atoms with Crippen LogP contribution in [0.4, 0.5) is 0 Å². The van der Waals surface area contributed by atoms with E-state index >= 15 is 0 Å². The second-order valence-corrected chi connectivity index (χ2v) is 2.00. The molecule has 1 aromatic rings. The summed E-state index contributed by atoms with van der Waals surface area (Å²) in [6.07, 6.45) is 5.51. The van der Waals surface area contributed by atoms with Crippen LogP contribution in [-0.2, 0) is 6.42 Å². The summed E-state index contributed by atoms with van der Waals surface area (Å²) in [4.78, 5) is 3.74. The molecule has 0 aromatic carbocycles. The van der Waals surface area contributed by atoms with Crippen molar-refractivity contribution in [3.05, 3.63) is 36.7 Å². The zero-order valence-electron chi connectivity index (χ0n) is 5.62. The van der Waals surface area contributed by atoms with E-state index in [0.29, 0.717) is 6.42 Å². The van der Waals surface area contributed by atoms with Crippen LogP contribution < -0.4 is 0 Å². The molecule has 0 aliphatic heterocycles. The first-order chi connectivity index (χ1) is 4.84. The highest BCUT2D eigenvalue weighted by Crippen LogP contribution is 2.13. The van der Waals surface area contributed by atoms with Gasteiger partial charge >= 0.3 is 0 Å². The Kier molecular flexibility index (Phi) is 2.05. The molecule has 0 radical (unpaired) electrons. The minimum absolute atomic E-state index is 0.238. The minimum atomic E-state index is 0.238. The average Bonchev–Trinajstić information content (AvgIpc) is 1.94. The number of aromatic nitrogens is 1. The Morgan fingerprint density at radius 1 is 1.70 bits per heavy atom. The van der Waals surface area contributed by atoms with Gasteiger partial charge in [-0.05, 0) is 12.5 Å². The molecule has 0 bridgehead atoms. The first-order valence-electron chi connectivity index (χ1n) is 3.07. The van der Waals surface area contributed by atoms with Gasteiger partial charge in [0.05, 0.1) is 6.20 Å². The third-order valence-corrected chi connectivity index (χ3v) is 1.25. The molecule has 52 valence electrons. The summed E-state index contributed by atoms with van der Waals surface area (Å²) in [5.74, 6) is 0.238. The smallest absolute Gasteiger partial charge is 0.137 e. The van der Waals surface area contributed by atoms with E-state index in [1.165, 1.54) is 6.20 Å². The summed E-state index contributed by atoms with van der Waals surface area (Å²) in [6, 6.07) is 1.77. The van der Waals surface area contributed by atoms with Crippen LogP contribution in [0.25, 0.3) is 0 Å². The molecule has 0 aliphatic carbocycles. The zero-order valence-corrected chi connectivity index (χ0v) is 5.62. The summed E-state index contributed by atoms with van der Waals surface area (Å²) < 4.78 is 0. The highest BCUT2D eigenvalue weighted by molar-refractivity contribution is 5.29. The van der Waals surface area contributed by atoms with Crippen molar-refractivity contribution in [1.82, 2.24) is 4.98 Å². The zero-order chi connectivity index (χ0) is 7.40. The van der Waals surface area contributed by atoms with Crippen LogP contribution in [0.1, 0.15) is 5.56 Å². The Bertz CT molecular complexity index is 232. The Morgan fingerprint density at radius 2 is 2.50 bits per heavy atom. The van der Waals surface area contributed by atoms with Gasteiger partial charge < -0.3 is 5.11 Å². The van der Waals surface area contributed by atoms with Gasteiger partial charge in [0, 0.05) is 11.8 Å². The van der Waals surface area contributed by atoms with Gasteiger partial charge in [-0.25, -0.2) is 0 Å². The van der Waals surface area contributed by atoms with Crippen molar-refractivity contribution >= 4 is 0 Å². The molecule has 0 spiro atoms. The van der Waals surface area contributed by atoms with Crippen molar-refractivity contribution in [2.24, 2.45) is 0 Å². The summed E-state index contributed by atoms with van der Waals surface area (Å²) in [5, 5.41) is 9.13. The standard InChI is InChI=1S/C8H9NO/c1-2-3-7-4-5-9-6-8(7)10/h2,4-6,10H,1,3H2. The van der Waals surface area contributed by atoms with E-state index in [4.69, 9.17) is 5.11 Å². The highest BCUT2D eigenvalue weighted by Gasteiger charge is 1.94. The lowest BCUT2D eigenvalue weighted by atomic mass is 10.2. The number of pyridine rings is 1. The van der Waals surface area contributed by atoms with Crippen molar-refractivity contribution in [1.29, 1.82) is 0 Å². The Morgan fingerprint density at radius 3 is 3.10 bits per heavy atom. The molecular formula is C8H9NO. The van der Waals surface area contributed by atoms with Crippen molar-refractivity contribution in [3.8, 4) is 5.75 Å². The van der Waals surface area contributed by atoms with Gasteiger partial charge in [0.25, 0.3) is 0 Å². The largest absolute Gasteiger partial charge is 0.506 e. The molecule has 1 heterocycles. The summed E-state index contributed by atoms with van der Waals surface area (Å²) >= 11 is 0. The summed E-state index contributed by atoms with van der Waals surface area (Å²) in [5.41, 5.74) is 0.866. The molecule has 0 atom stereocenters. The van der Waals surface area contributed by atoms with Crippen LogP contribution in [0.5, 0.6) is 5.75 Å². The first-order valence-corrected chi connectivity index (χ1v) is 3.07. The highest BCUT2D eigenvalue weighted by atomic mass is 16.3. The molecule has 0 saturated heterocycles. The first kappa shape index (κ1) is 6.81. The number of rotatable bonds is 2. The van der Waals surface area contributed by atoms with Gasteiger partial charge in [-0.2, -0.15) is 0 Å². The molecule has 2 heteroatoms. The average molecular weight is 135 g/mol. The van der Waals surface area contributed by atoms with E-state index in [1.807, 2.05) is 0 Å². The maximum Gasteiger partial charge on any atom is 0.137 e. The third kappa shape index (κ3) is 1.35. The van der Waals surface area contributed by atoms with E-state index in [1.54, 1.807) is 18.3 Å². The molecule has 0 aliphatic rings. The fraction of sp³-hybridized carbons (Fsp3) is 0.125. The van der Waals surface area contributed by atoms with Gasteiger partial charge in [0.1, 0.15) is 5.75 Å². The SMILES string of the molecule is C=CCc1ccncc1O. The molecular weight excluding hydrogens is 126 g/mol. The van der Waals surface area contributed by atoms with E-state index < -0.39 is 0 Å². The normalized spacial score (nSPS) is 9.20. The lowest BCUT2D eigenvalue weighted by Gasteiger charge is -1.97. The quantitative estimate of drug-likeness (QED) is 0.623. The molecule has 2 nitrogen and oxygen atoms in total. The van der Waals surface area contributed by atoms with Crippen molar-refractivity contribution in [2.45, 2.75) is 6.42 Å². The molecule has 0 saturated carbocycles. The Balaban J connectivity index is 2.91. The number of nitrogens with zero attached hydrogens (tertiary/aromatic N) is 1. The topological polar surface area (TPSA) is 33.1 Å². The summed E-state index contributed by atoms with van der Waals surface area (Å²) in [6.45, 7) is 3.57. The van der Waals surface area contributed by atoms with Gasteiger partial charge in [-0.1, -0.05) is 6.08 Å². The second kappa shape index (κ2) is 3.01. The molecule has 0 fully saturated rings. The molecule has 1 aromatic heterocycles. The fourth-order valence-corrected chi connectivity index (χ4v) is 0.743. The van der Waals surface area contributed by atoms with Crippen LogP contribution in [-0.4, -0.2) is 10.1 Å². The molecule has 1 rings (SSSR count). The number of aromatic hydroxyl groups is 1. The number of hydrogen-bond donors (Lipinski definition) is 1. The monoisotopic (exact) mass is 135 g/mol. The maximum absolute atomic E-state index is 9.13. The predicted octanol–water partition coefficient (Wildman–Crippen LogP) is 1.52. The van der Waals surface area contributed by atoms with Crippen LogP contribution in [0, 0.1) is 0 Å². The van der Waals surface area contributed by atoms with Crippen LogP contribution >= 0.6 is 0 Å². The molecule has 10 heavy (non-hydrogen) atoms. The number of allylic oxidation sites excluding steroid dienone is 1. The lowest BCUT2D eigenvalue weighted by molar-refractivity contribution is 0.467. The van der Waals surface area contributed by atoms with Crippen molar-refractivity contribution in [3.63, 3.8) is 0 Å².